The summed E-state index contributed by atoms with van der Waals surface area (Å²) in [6.45, 7) is 1.88. The molecule has 102 valence electrons. The molecular formula is C11H10ClNO3S3. The molecule has 0 aliphatic carbocycles. The summed E-state index contributed by atoms with van der Waals surface area (Å²) in [4.78, 5) is 0.454. The van der Waals surface area contributed by atoms with Crippen LogP contribution >= 0.6 is 22.9 Å². The van der Waals surface area contributed by atoms with Crippen molar-refractivity contribution in [3.05, 3.63) is 40.9 Å². The molecule has 0 saturated carbocycles. The normalized spacial score (nSPS) is 13.4. The van der Waals surface area contributed by atoms with Gasteiger partial charge in [0.2, 0.25) is 10.0 Å². The van der Waals surface area contributed by atoms with E-state index in [0.29, 0.717) is 14.1 Å². The predicted molar refractivity (Wildman–Crippen MR) is 76.6 cm³/mol. The van der Waals surface area contributed by atoms with E-state index >= 15 is 0 Å². The Morgan fingerprint density at radius 3 is 2.47 bits per heavy atom. The van der Waals surface area contributed by atoms with Crippen LogP contribution in [0.5, 0.6) is 0 Å². The largest absolute Gasteiger partial charge is 0.248 e. The van der Waals surface area contributed by atoms with Gasteiger partial charge >= 0.3 is 0 Å². The molecule has 0 fully saturated rings. The highest BCUT2D eigenvalue weighted by molar-refractivity contribution is 7.92. The summed E-state index contributed by atoms with van der Waals surface area (Å²) >= 11 is 6.92. The van der Waals surface area contributed by atoms with Gasteiger partial charge in [-0.25, -0.2) is 17.8 Å². The number of aryl methyl sites for hydroxylation is 1. The molecule has 19 heavy (non-hydrogen) atoms. The van der Waals surface area contributed by atoms with Crippen LogP contribution in [0.25, 0.3) is 0 Å². The molecule has 1 unspecified atom stereocenters. The summed E-state index contributed by atoms with van der Waals surface area (Å²) in [5.41, 5.74) is 0.960. The summed E-state index contributed by atoms with van der Waals surface area (Å²) in [7, 11) is -5.28. The predicted octanol–water partition coefficient (Wildman–Crippen LogP) is 2.52. The maximum atomic E-state index is 12.3. The maximum absolute atomic E-state index is 12.3. The van der Waals surface area contributed by atoms with Crippen LogP contribution in [0, 0.1) is 6.92 Å². The Kier molecular flexibility index (Phi) is 4.12. The third-order valence-corrected chi connectivity index (χ3v) is 7.01. The lowest BCUT2D eigenvalue weighted by atomic mass is 10.2. The van der Waals surface area contributed by atoms with E-state index in [1.807, 2.05) is 6.92 Å². The molecule has 4 nitrogen and oxygen atoms in total. The topological polar surface area (TPSA) is 77.2 Å². The van der Waals surface area contributed by atoms with Crippen LogP contribution in [0.2, 0.25) is 5.02 Å². The maximum Gasteiger partial charge on any atom is 0.247 e. The highest BCUT2D eigenvalue weighted by Crippen LogP contribution is 2.30. The van der Waals surface area contributed by atoms with Crippen LogP contribution in [-0.2, 0) is 20.8 Å². The minimum absolute atomic E-state index is 0.0147. The second kappa shape index (κ2) is 5.34. The molecule has 2 aromatic rings. The number of hydrogen-bond donors (Lipinski definition) is 1. The quantitative estimate of drug-likeness (QED) is 0.936. The SMILES string of the molecule is Cc1ccc(S(=O)c2ccc(S(N)(=O)=O)s2)c(Cl)c1. The number of benzene rings is 1. The molecule has 0 saturated heterocycles. The third kappa shape index (κ3) is 3.24. The van der Waals surface area contributed by atoms with E-state index in [2.05, 4.69) is 0 Å². The fourth-order valence-corrected chi connectivity index (χ4v) is 5.16. The van der Waals surface area contributed by atoms with Crippen molar-refractivity contribution < 1.29 is 12.6 Å². The van der Waals surface area contributed by atoms with Gasteiger partial charge in [0.25, 0.3) is 0 Å². The molecule has 1 heterocycles. The van der Waals surface area contributed by atoms with Crippen LogP contribution in [0.4, 0.5) is 0 Å². The first kappa shape index (κ1) is 14.7. The molecule has 1 aromatic heterocycles. The van der Waals surface area contributed by atoms with E-state index in [4.69, 9.17) is 16.7 Å². The monoisotopic (exact) mass is 335 g/mol. The van der Waals surface area contributed by atoms with Crippen molar-refractivity contribution >= 4 is 43.8 Å². The Balaban J connectivity index is 2.42. The van der Waals surface area contributed by atoms with E-state index in [0.717, 1.165) is 16.9 Å². The summed E-state index contributed by atoms with van der Waals surface area (Å²) in [6.07, 6.45) is 0. The van der Waals surface area contributed by atoms with Crippen LogP contribution in [0.15, 0.2) is 43.6 Å². The third-order valence-electron chi connectivity index (χ3n) is 2.31. The number of primary sulfonamides is 1. The number of halogens is 1. The Morgan fingerprint density at radius 2 is 1.95 bits per heavy atom. The van der Waals surface area contributed by atoms with Gasteiger partial charge in [-0.15, -0.1) is 11.3 Å². The molecule has 0 amide bonds. The molecule has 0 aliphatic rings. The summed E-state index contributed by atoms with van der Waals surface area (Å²) in [5.74, 6) is 0. The first-order valence-corrected chi connectivity index (χ1v) is 8.98. The molecule has 1 atom stereocenters. The molecule has 8 heteroatoms. The molecule has 2 rings (SSSR count). The number of rotatable bonds is 3. The van der Waals surface area contributed by atoms with Gasteiger partial charge in [0.1, 0.15) is 4.21 Å². The zero-order valence-electron chi connectivity index (χ0n) is 9.79. The number of sulfonamides is 1. The van der Waals surface area contributed by atoms with Crippen LogP contribution in [0.3, 0.4) is 0 Å². The molecule has 2 N–H and O–H groups in total. The van der Waals surface area contributed by atoms with Gasteiger partial charge in [-0.2, -0.15) is 0 Å². The summed E-state index contributed by atoms with van der Waals surface area (Å²) < 4.78 is 35.1. The van der Waals surface area contributed by atoms with E-state index < -0.39 is 20.8 Å². The standard InChI is InChI=1S/C11H10ClNO3S3/c1-7-2-3-9(8(12)6-7)18(14)10-4-5-11(17-10)19(13,15)16/h2-6H,1H3,(H2,13,15,16). The average molecular weight is 336 g/mol. The average Bonchev–Trinajstić information content (AvgIpc) is 2.76. The Morgan fingerprint density at radius 1 is 1.26 bits per heavy atom. The Bertz CT molecular complexity index is 752. The lowest BCUT2D eigenvalue weighted by molar-refractivity contribution is 0.600. The van der Waals surface area contributed by atoms with Crippen LogP contribution in [0.1, 0.15) is 5.56 Å². The Hall–Kier alpha value is -0.730. The van der Waals surface area contributed by atoms with Crippen molar-refractivity contribution in [2.45, 2.75) is 20.2 Å². The van der Waals surface area contributed by atoms with E-state index in [9.17, 15) is 12.6 Å². The fraction of sp³-hybridized carbons (Fsp3) is 0.0909. The van der Waals surface area contributed by atoms with Gasteiger partial charge in [-0.3, -0.25) is 0 Å². The van der Waals surface area contributed by atoms with E-state index in [1.54, 1.807) is 18.2 Å². The Labute approximate surface area is 122 Å². The number of thiophene rings is 1. The minimum atomic E-state index is -3.76. The van der Waals surface area contributed by atoms with Crippen molar-refractivity contribution in [1.29, 1.82) is 0 Å². The van der Waals surface area contributed by atoms with Crippen LogP contribution in [-0.4, -0.2) is 12.6 Å². The zero-order chi connectivity index (χ0) is 14.2. The van der Waals surface area contributed by atoms with Gasteiger partial charge in [0, 0.05) is 0 Å². The molecule has 0 aliphatic heterocycles. The molecule has 1 aromatic carbocycles. The lowest BCUT2D eigenvalue weighted by Gasteiger charge is -2.03. The van der Waals surface area contributed by atoms with Crippen molar-refractivity contribution in [3.63, 3.8) is 0 Å². The van der Waals surface area contributed by atoms with Crippen molar-refractivity contribution in [1.82, 2.24) is 0 Å². The van der Waals surface area contributed by atoms with Crippen molar-refractivity contribution in [2.75, 3.05) is 0 Å². The highest BCUT2D eigenvalue weighted by Gasteiger charge is 2.17. The lowest BCUT2D eigenvalue weighted by Crippen LogP contribution is -2.09. The van der Waals surface area contributed by atoms with Crippen LogP contribution < -0.4 is 5.14 Å². The smallest absolute Gasteiger partial charge is 0.247 e. The van der Waals surface area contributed by atoms with Crippen molar-refractivity contribution in [2.24, 2.45) is 5.14 Å². The molecule has 0 spiro atoms. The molecular weight excluding hydrogens is 326 g/mol. The van der Waals surface area contributed by atoms with Gasteiger partial charge in [-0.05, 0) is 36.8 Å². The van der Waals surface area contributed by atoms with Crippen molar-refractivity contribution in [3.8, 4) is 0 Å². The summed E-state index contributed by atoms with van der Waals surface area (Å²) in [5, 5.41) is 5.41. The second-order valence-corrected chi connectivity index (χ2v) is 8.78. The number of nitrogens with two attached hydrogens (primary N) is 1. The van der Waals surface area contributed by atoms with Gasteiger partial charge in [0.05, 0.1) is 24.9 Å². The van der Waals surface area contributed by atoms with Gasteiger partial charge < -0.3 is 0 Å². The van der Waals surface area contributed by atoms with E-state index in [-0.39, 0.29) is 4.21 Å². The number of hydrogen-bond acceptors (Lipinski definition) is 4. The first-order valence-electron chi connectivity index (χ1n) is 5.09. The first-order chi connectivity index (χ1) is 8.79. The highest BCUT2D eigenvalue weighted by atomic mass is 35.5. The zero-order valence-corrected chi connectivity index (χ0v) is 13.0. The molecule has 0 radical (unpaired) electrons. The van der Waals surface area contributed by atoms with Gasteiger partial charge in [0.15, 0.2) is 0 Å². The fourth-order valence-electron chi connectivity index (χ4n) is 1.42. The second-order valence-electron chi connectivity index (χ2n) is 3.82. The van der Waals surface area contributed by atoms with Gasteiger partial charge in [-0.1, -0.05) is 17.7 Å². The molecule has 0 bridgehead atoms. The minimum Gasteiger partial charge on any atom is -0.248 e. The van der Waals surface area contributed by atoms with E-state index in [1.165, 1.54) is 12.1 Å². The summed E-state index contributed by atoms with van der Waals surface area (Å²) in [6, 6.07) is 8.01.